The van der Waals surface area contributed by atoms with Gasteiger partial charge in [-0.15, -0.1) is 0 Å². The molecule has 7 aromatic heterocycles. The Morgan fingerprint density at radius 2 is 0.948 bits per heavy atom. The molecule has 0 aliphatic carbocycles. The number of nitrogens with two attached hydrogens (primary N) is 1. The van der Waals surface area contributed by atoms with E-state index in [1.165, 1.54) is 42.7 Å². The van der Waals surface area contributed by atoms with E-state index in [-0.39, 0.29) is 23.0 Å². The molecule has 3 atom stereocenters. The highest BCUT2D eigenvalue weighted by Gasteiger charge is 2.31. The number of nitrogens with zero attached hydrogens (tertiary/aromatic N) is 11. The van der Waals surface area contributed by atoms with Crippen LogP contribution in [0.4, 0.5) is 45.8 Å². The average Bonchev–Trinajstić information content (AvgIpc) is 0.769. The van der Waals surface area contributed by atoms with Gasteiger partial charge < -0.3 is 50.4 Å². The van der Waals surface area contributed by atoms with Crippen molar-refractivity contribution in [2.75, 3.05) is 73.5 Å². The fraction of sp³-hybridized carbons (Fsp3) is 0.310. The van der Waals surface area contributed by atoms with Crippen molar-refractivity contribution in [3.05, 3.63) is 179 Å². The molecular weight excluding hydrogens is 1250 g/mol. The first kappa shape index (κ1) is 68.5. The lowest BCUT2D eigenvalue weighted by Crippen LogP contribution is -2.37. The van der Waals surface area contributed by atoms with Crippen LogP contribution in [0.3, 0.4) is 0 Å². The molecule has 0 bridgehead atoms. The topological polar surface area (TPSA) is 267 Å². The number of carbonyl (C=O) groups excluding carboxylic acids is 2. The minimum Gasteiger partial charge on any atom is -0.444 e. The number of hydrogen-bond acceptors (Lipinski definition) is 19. The average molecular weight is 1320 g/mol. The molecule has 2 aliphatic heterocycles. The zero-order valence-electron chi connectivity index (χ0n) is 54.5. The van der Waals surface area contributed by atoms with E-state index >= 15 is 0 Å². The fourth-order valence-electron chi connectivity index (χ4n) is 11.1. The number of nitriles is 1. The normalized spacial score (nSPS) is 14.2. The first-order chi connectivity index (χ1) is 45.9. The van der Waals surface area contributed by atoms with E-state index in [9.17, 15) is 28.0 Å². The molecule has 496 valence electrons. The maximum absolute atomic E-state index is 14.4. The number of hydrogen-bond donors (Lipinski definition) is 4. The van der Waals surface area contributed by atoms with Crippen LogP contribution in [-0.4, -0.2) is 116 Å². The summed E-state index contributed by atoms with van der Waals surface area (Å²) in [4.78, 5) is 65.2. The Kier molecular flexibility index (Phi) is 21.4. The van der Waals surface area contributed by atoms with E-state index in [0.717, 1.165) is 22.5 Å². The molecule has 96 heavy (non-hydrogen) atoms. The molecule has 2 aliphatic rings. The molecule has 5 N–H and O–H groups in total. The lowest BCUT2D eigenvalue weighted by molar-refractivity contribution is 0.0495. The number of alkyl carbamates (subject to hydrolysis) is 2. The van der Waals surface area contributed by atoms with E-state index in [1.54, 1.807) is 76.6 Å². The number of rotatable bonds is 12. The Hall–Kier alpha value is -10.4. The van der Waals surface area contributed by atoms with Gasteiger partial charge in [0, 0.05) is 77.6 Å². The molecule has 0 saturated carbocycles. The number of nitrogens with one attached hydrogen (secondary N) is 3. The summed E-state index contributed by atoms with van der Waals surface area (Å²) in [7, 11) is 0. The molecule has 0 radical (unpaired) electrons. The quantitative estimate of drug-likeness (QED) is 0.0885. The van der Waals surface area contributed by atoms with E-state index in [0.29, 0.717) is 136 Å². The van der Waals surface area contributed by atoms with Crippen molar-refractivity contribution < 1.29 is 41.7 Å². The third-order valence-corrected chi connectivity index (χ3v) is 15.7. The number of ether oxygens (including phenoxy) is 4. The highest BCUT2D eigenvalue weighted by Crippen LogP contribution is 2.44. The smallest absolute Gasteiger partial charge is 0.408 e. The van der Waals surface area contributed by atoms with Crippen molar-refractivity contribution in [2.45, 2.75) is 91.6 Å². The molecule has 2 fully saturated rings. The predicted octanol–water partition coefficient (Wildman–Crippen LogP) is 14.2. The zero-order chi connectivity index (χ0) is 68.4. The van der Waals surface area contributed by atoms with Crippen molar-refractivity contribution in [2.24, 2.45) is 0 Å². The minimum absolute atomic E-state index is 0.0955. The molecule has 25 heteroatoms. The van der Waals surface area contributed by atoms with Crippen LogP contribution in [-0.2, 0) is 18.9 Å². The highest BCUT2D eigenvalue weighted by atomic mass is 35.5. The molecule has 12 rings (SSSR count). The Morgan fingerprint density at radius 1 is 0.562 bits per heavy atom. The Balaban J connectivity index is 0.000000158. The number of aromatic nitrogens is 8. The molecule has 2 saturated heterocycles. The van der Waals surface area contributed by atoms with Crippen LogP contribution in [0.25, 0.3) is 66.5 Å². The van der Waals surface area contributed by atoms with E-state index in [2.05, 4.69) is 61.7 Å². The first-order valence-corrected chi connectivity index (χ1v) is 31.5. The van der Waals surface area contributed by atoms with Crippen LogP contribution in [0, 0.1) is 28.8 Å². The van der Waals surface area contributed by atoms with Crippen LogP contribution < -0.4 is 31.5 Å². The van der Waals surface area contributed by atoms with Gasteiger partial charge in [-0.3, -0.25) is 15.0 Å². The van der Waals surface area contributed by atoms with Crippen molar-refractivity contribution >= 4 is 79.5 Å². The minimum atomic E-state index is -0.625. The van der Waals surface area contributed by atoms with Gasteiger partial charge in [-0.1, -0.05) is 29.8 Å². The summed E-state index contributed by atoms with van der Waals surface area (Å²) in [5.41, 5.74) is 14.2. The molecule has 10 aromatic rings. The number of nitrogen functional groups attached to an aromatic ring is 1. The van der Waals surface area contributed by atoms with Gasteiger partial charge in [0.25, 0.3) is 0 Å². The van der Waals surface area contributed by atoms with Gasteiger partial charge in [0.05, 0.1) is 112 Å². The summed E-state index contributed by atoms with van der Waals surface area (Å²) in [6.45, 7) is 21.3. The number of halogens is 4. The van der Waals surface area contributed by atoms with Gasteiger partial charge >= 0.3 is 12.2 Å². The van der Waals surface area contributed by atoms with Crippen LogP contribution in [0.1, 0.15) is 103 Å². The molecule has 9 heterocycles. The number of pyridine rings is 6. The van der Waals surface area contributed by atoms with Crippen LogP contribution in [0.15, 0.2) is 134 Å². The monoisotopic (exact) mass is 1320 g/mol. The maximum Gasteiger partial charge on any atom is 0.408 e. The van der Waals surface area contributed by atoms with Crippen LogP contribution >= 0.6 is 11.6 Å². The number of carbonyl (C=O) groups is 2. The van der Waals surface area contributed by atoms with Gasteiger partial charge in [-0.05, 0) is 153 Å². The summed E-state index contributed by atoms with van der Waals surface area (Å²) in [6.07, 6.45) is 5.27. The summed E-state index contributed by atoms with van der Waals surface area (Å²) >= 11 is 6.65. The van der Waals surface area contributed by atoms with Crippen molar-refractivity contribution in [3.8, 4) is 39.8 Å². The first-order valence-electron chi connectivity index (χ1n) is 31.2. The lowest BCUT2D eigenvalue weighted by atomic mass is 9.97. The molecule has 3 unspecified atom stereocenters. The van der Waals surface area contributed by atoms with Crippen molar-refractivity contribution in [3.63, 3.8) is 0 Å². The highest BCUT2D eigenvalue weighted by molar-refractivity contribution is 6.38. The molecule has 21 nitrogen and oxygen atoms in total. The summed E-state index contributed by atoms with van der Waals surface area (Å²) in [5, 5.41) is 20.7. The molecular formula is C71H73ClF3N15O6. The molecule has 0 spiro atoms. The van der Waals surface area contributed by atoms with Crippen LogP contribution in [0.5, 0.6) is 0 Å². The maximum atomic E-state index is 14.4. The number of anilines is 4. The zero-order valence-corrected chi connectivity index (χ0v) is 55.3. The van der Waals surface area contributed by atoms with Crippen molar-refractivity contribution in [1.82, 2.24) is 50.5 Å². The third-order valence-electron chi connectivity index (χ3n) is 15.3. The van der Waals surface area contributed by atoms with E-state index < -0.39 is 47.3 Å². The largest absolute Gasteiger partial charge is 0.444 e. The number of amides is 2. The standard InChI is InChI=1S/C25H23FN8O.C25H29FN4O3.C21H21ClFN3O2/c1-15(32-25-18(13-27)24(28)30-14-31-25)22-21(20-4-2-3-7-29-20)23(34-8-10-35-11-9-34)17-12-16(26)5-6-19(17)33-22;1-16(28-24(31)33-25(2,3)4)22-21(20-7-5-6-10-27-20)23(30-11-13-32-14-12-30)18-15-17(26)8-9-19(18)29-22;1-12(25-20(27)28-21(2,3)4)19-17(16-7-5-6-10-24-16)18(22)14-11-13(23)8-9-15(14)26-19/h2-7,12,14-15H,8-11H2,1H3,(H3,28,30,31,32);5-10,15-16H,11-14H2,1-4H3,(H,28,31);5-12H,1-4H3,(H,25,27). The number of benzene rings is 3. The Bertz CT molecular complexity index is 4480. The van der Waals surface area contributed by atoms with Gasteiger partial charge in [0.15, 0.2) is 0 Å². The SMILES string of the molecule is CC(NC(=O)OC(C)(C)C)c1nc2ccc(F)cc2c(Cl)c1-c1ccccn1.CC(NC(=O)OC(C)(C)C)c1nc2ccc(F)cc2c(N2CCOCC2)c1-c1ccccn1.CC(Nc1ncnc(N)c1C#N)c1nc2ccc(F)cc2c(N2CCOCC2)c1-c1ccccn1. The number of morpholine rings is 2. The van der Waals surface area contributed by atoms with Gasteiger partial charge in [0.2, 0.25) is 0 Å². The second-order valence-electron chi connectivity index (χ2n) is 24.7. The van der Waals surface area contributed by atoms with E-state index in [1.807, 2.05) is 77.1 Å². The van der Waals surface area contributed by atoms with E-state index in [4.69, 9.17) is 46.3 Å². The third kappa shape index (κ3) is 16.4. The van der Waals surface area contributed by atoms with Crippen LogP contribution in [0.2, 0.25) is 5.02 Å². The second kappa shape index (κ2) is 29.9. The summed E-state index contributed by atoms with van der Waals surface area (Å²) in [5.74, 6) is -0.671. The number of fused-ring (bicyclic) bond motifs is 3. The van der Waals surface area contributed by atoms with Gasteiger partial charge in [-0.25, -0.2) is 47.7 Å². The van der Waals surface area contributed by atoms with Gasteiger partial charge in [0.1, 0.15) is 58.2 Å². The summed E-state index contributed by atoms with van der Waals surface area (Å²) in [6, 6.07) is 30.7. The predicted molar refractivity (Wildman–Crippen MR) is 365 cm³/mol. The summed E-state index contributed by atoms with van der Waals surface area (Å²) < 4.78 is 64.5. The Labute approximate surface area is 558 Å². The molecule has 2 amide bonds. The molecule has 3 aromatic carbocycles. The Morgan fingerprint density at radius 3 is 1.34 bits per heavy atom. The second-order valence-corrected chi connectivity index (χ2v) is 25.0. The van der Waals surface area contributed by atoms with Gasteiger partial charge in [-0.2, -0.15) is 5.26 Å². The fourth-order valence-corrected chi connectivity index (χ4v) is 11.5. The van der Waals surface area contributed by atoms with Crippen molar-refractivity contribution in [1.29, 1.82) is 5.26 Å². The lowest BCUT2D eigenvalue weighted by Gasteiger charge is -2.33.